The molecule has 0 saturated heterocycles. The number of nitrogens with zero attached hydrogens (tertiary/aromatic N) is 2. The predicted octanol–water partition coefficient (Wildman–Crippen LogP) is 2.29. The average molecular weight is 246 g/mol. The Balaban J connectivity index is 2.30. The van der Waals surface area contributed by atoms with E-state index in [1.165, 1.54) is 0 Å². The zero-order chi connectivity index (χ0) is 13.0. The number of aliphatic hydroxyl groups excluding tert-OH is 1. The molecule has 2 rings (SSSR count). The van der Waals surface area contributed by atoms with Crippen LogP contribution in [0.1, 0.15) is 30.8 Å². The van der Waals surface area contributed by atoms with Crippen LogP contribution in [0.25, 0.3) is 0 Å². The lowest BCUT2D eigenvalue weighted by atomic mass is 10.1. The highest BCUT2D eigenvalue weighted by Crippen LogP contribution is 2.28. The maximum atomic E-state index is 10.4. The minimum absolute atomic E-state index is 0.613. The highest BCUT2D eigenvalue weighted by molar-refractivity contribution is 5.37. The summed E-state index contributed by atoms with van der Waals surface area (Å²) in [6, 6.07) is 7.53. The summed E-state index contributed by atoms with van der Waals surface area (Å²) in [5.41, 5.74) is 0.750. The zero-order valence-corrected chi connectivity index (χ0v) is 10.7. The molecule has 0 spiro atoms. The van der Waals surface area contributed by atoms with Crippen molar-refractivity contribution in [2.75, 3.05) is 6.61 Å². The molecule has 1 N–H and O–H groups in total. The van der Waals surface area contributed by atoms with Gasteiger partial charge in [-0.1, -0.05) is 25.1 Å². The SMILES string of the molecule is CCCOc1ccccc1C(O)c1nccn1C. The van der Waals surface area contributed by atoms with Crippen LogP contribution in [0, 0.1) is 0 Å². The Morgan fingerprint density at radius 3 is 2.83 bits per heavy atom. The van der Waals surface area contributed by atoms with Gasteiger partial charge >= 0.3 is 0 Å². The summed E-state index contributed by atoms with van der Waals surface area (Å²) < 4.78 is 7.46. The summed E-state index contributed by atoms with van der Waals surface area (Å²) in [5, 5.41) is 10.4. The van der Waals surface area contributed by atoms with Crippen molar-refractivity contribution in [1.29, 1.82) is 0 Å². The second-order valence-corrected chi connectivity index (χ2v) is 4.19. The van der Waals surface area contributed by atoms with Crippen LogP contribution in [0.4, 0.5) is 0 Å². The predicted molar refractivity (Wildman–Crippen MR) is 69.5 cm³/mol. The summed E-state index contributed by atoms with van der Waals surface area (Å²) in [5.74, 6) is 1.33. The average Bonchev–Trinajstić information content (AvgIpc) is 2.82. The van der Waals surface area contributed by atoms with Crippen molar-refractivity contribution in [1.82, 2.24) is 9.55 Å². The Labute approximate surface area is 107 Å². The first-order chi connectivity index (χ1) is 8.74. The van der Waals surface area contributed by atoms with Gasteiger partial charge in [0.15, 0.2) is 0 Å². The van der Waals surface area contributed by atoms with Gasteiger partial charge in [-0.3, -0.25) is 0 Å². The number of imidazole rings is 1. The normalized spacial score (nSPS) is 12.4. The van der Waals surface area contributed by atoms with Gasteiger partial charge < -0.3 is 14.4 Å². The third-order valence-electron chi connectivity index (χ3n) is 2.78. The lowest BCUT2D eigenvalue weighted by Gasteiger charge is -2.15. The first kappa shape index (κ1) is 12.6. The van der Waals surface area contributed by atoms with Crippen LogP contribution in [0.3, 0.4) is 0 Å². The lowest BCUT2D eigenvalue weighted by Crippen LogP contribution is -2.09. The minimum atomic E-state index is -0.766. The van der Waals surface area contributed by atoms with Crippen molar-refractivity contribution in [3.63, 3.8) is 0 Å². The van der Waals surface area contributed by atoms with E-state index >= 15 is 0 Å². The number of hydrogen-bond acceptors (Lipinski definition) is 3. The fraction of sp³-hybridized carbons (Fsp3) is 0.357. The van der Waals surface area contributed by atoms with Crippen LogP contribution in [0.2, 0.25) is 0 Å². The molecular weight excluding hydrogens is 228 g/mol. The molecule has 1 aromatic carbocycles. The molecule has 1 unspecified atom stereocenters. The molecule has 0 radical (unpaired) electrons. The molecule has 2 aromatic rings. The van der Waals surface area contributed by atoms with Crippen molar-refractivity contribution in [2.45, 2.75) is 19.4 Å². The van der Waals surface area contributed by atoms with Crippen LogP contribution < -0.4 is 4.74 Å². The van der Waals surface area contributed by atoms with Crippen LogP contribution in [0.15, 0.2) is 36.7 Å². The van der Waals surface area contributed by atoms with Gasteiger partial charge in [-0.2, -0.15) is 0 Å². The number of rotatable bonds is 5. The maximum Gasteiger partial charge on any atom is 0.142 e. The second kappa shape index (κ2) is 5.69. The Morgan fingerprint density at radius 1 is 1.39 bits per heavy atom. The van der Waals surface area contributed by atoms with E-state index in [1.54, 1.807) is 10.8 Å². The van der Waals surface area contributed by atoms with Crippen molar-refractivity contribution >= 4 is 0 Å². The van der Waals surface area contributed by atoms with E-state index in [-0.39, 0.29) is 0 Å². The quantitative estimate of drug-likeness (QED) is 0.880. The molecule has 0 aliphatic rings. The number of aliphatic hydroxyl groups is 1. The Morgan fingerprint density at radius 2 is 2.17 bits per heavy atom. The standard InChI is InChI=1S/C14H18N2O2/c1-3-10-18-12-7-5-4-6-11(12)13(17)14-15-8-9-16(14)2/h4-9,13,17H,3,10H2,1-2H3. The molecule has 96 valence electrons. The summed E-state index contributed by atoms with van der Waals surface area (Å²) in [6.45, 7) is 2.70. The molecule has 1 aromatic heterocycles. The number of ether oxygens (including phenoxy) is 1. The van der Waals surface area contributed by atoms with Crippen molar-refractivity contribution < 1.29 is 9.84 Å². The monoisotopic (exact) mass is 246 g/mol. The van der Waals surface area contributed by atoms with Gasteiger partial charge in [0.25, 0.3) is 0 Å². The molecule has 0 amide bonds. The van der Waals surface area contributed by atoms with Gasteiger partial charge in [0.1, 0.15) is 17.7 Å². The first-order valence-corrected chi connectivity index (χ1v) is 6.11. The number of aromatic nitrogens is 2. The number of para-hydroxylation sites is 1. The smallest absolute Gasteiger partial charge is 0.142 e. The molecule has 0 fully saturated rings. The van der Waals surface area contributed by atoms with Gasteiger partial charge in [0.05, 0.1) is 6.61 Å². The van der Waals surface area contributed by atoms with Crippen LogP contribution in [-0.2, 0) is 7.05 Å². The van der Waals surface area contributed by atoms with Gasteiger partial charge in [-0.15, -0.1) is 0 Å². The van der Waals surface area contributed by atoms with E-state index < -0.39 is 6.10 Å². The van der Waals surface area contributed by atoms with Crippen molar-refractivity contribution in [3.8, 4) is 5.75 Å². The van der Waals surface area contributed by atoms with Crippen LogP contribution >= 0.6 is 0 Å². The Kier molecular flexibility index (Phi) is 3.99. The van der Waals surface area contributed by atoms with Gasteiger partial charge in [-0.25, -0.2) is 4.98 Å². The summed E-state index contributed by atoms with van der Waals surface area (Å²) in [7, 11) is 1.86. The molecular formula is C14H18N2O2. The summed E-state index contributed by atoms with van der Waals surface area (Å²) >= 11 is 0. The molecule has 0 aliphatic heterocycles. The second-order valence-electron chi connectivity index (χ2n) is 4.19. The first-order valence-electron chi connectivity index (χ1n) is 6.11. The molecule has 1 heterocycles. The fourth-order valence-corrected chi connectivity index (χ4v) is 1.83. The van der Waals surface area contributed by atoms with Crippen LogP contribution in [0.5, 0.6) is 5.75 Å². The Hall–Kier alpha value is -1.81. The molecule has 0 bridgehead atoms. The molecule has 18 heavy (non-hydrogen) atoms. The van der Waals surface area contributed by atoms with E-state index in [0.29, 0.717) is 12.4 Å². The zero-order valence-electron chi connectivity index (χ0n) is 10.7. The van der Waals surface area contributed by atoms with Crippen molar-refractivity contribution in [3.05, 3.63) is 48.0 Å². The molecule has 4 heteroatoms. The van der Waals surface area contributed by atoms with E-state index in [1.807, 2.05) is 37.5 Å². The third-order valence-corrected chi connectivity index (χ3v) is 2.78. The fourth-order valence-electron chi connectivity index (χ4n) is 1.83. The molecule has 4 nitrogen and oxygen atoms in total. The highest BCUT2D eigenvalue weighted by Gasteiger charge is 2.18. The van der Waals surface area contributed by atoms with Crippen molar-refractivity contribution in [2.24, 2.45) is 7.05 Å². The molecule has 0 aliphatic carbocycles. The lowest BCUT2D eigenvalue weighted by molar-refractivity contribution is 0.198. The molecule has 0 saturated carbocycles. The largest absolute Gasteiger partial charge is 0.493 e. The summed E-state index contributed by atoms with van der Waals surface area (Å²) in [4.78, 5) is 4.17. The van der Waals surface area contributed by atoms with E-state index in [2.05, 4.69) is 11.9 Å². The van der Waals surface area contributed by atoms with E-state index in [0.717, 1.165) is 17.7 Å². The number of hydrogen-bond donors (Lipinski definition) is 1. The highest BCUT2D eigenvalue weighted by atomic mass is 16.5. The maximum absolute atomic E-state index is 10.4. The topological polar surface area (TPSA) is 47.3 Å². The summed E-state index contributed by atoms with van der Waals surface area (Å²) in [6.07, 6.45) is 3.66. The Bertz CT molecular complexity index is 508. The van der Waals surface area contributed by atoms with Gasteiger partial charge in [0.2, 0.25) is 0 Å². The third kappa shape index (κ3) is 2.54. The van der Waals surface area contributed by atoms with E-state index in [9.17, 15) is 5.11 Å². The minimum Gasteiger partial charge on any atom is -0.493 e. The number of aryl methyl sites for hydroxylation is 1. The van der Waals surface area contributed by atoms with Gasteiger partial charge in [0, 0.05) is 25.0 Å². The van der Waals surface area contributed by atoms with Crippen LogP contribution in [-0.4, -0.2) is 21.3 Å². The number of benzene rings is 1. The molecule has 1 atom stereocenters. The van der Waals surface area contributed by atoms with Gasteiger partial charge in [-0.05, 0) is 12.5 Å². The van der Waals surface area contributed by atoms with E-state index in [4.69, 9.17) is 4.74 Å².